The van der Waals surface area contributed by atoms with Gasteiger partial charge >= 0.3 is 0 Å². The molecule has 0 fully saturated rings. The van der Waals surface area contributed by atoms with Gasteiger partial charge in [0.25, 0.3) is 0 Å². The number of carbonyl (C=O) groups is 1. The summed E-state index contributed by atoms with van der Waals surface area (Å²) >= 11 is 0. The normalized spacial score (nSPS) is 12.4. The second-order valence-corrected chi connectivity index (χ2v) is 3.80. The molecule has 0 N–H and O–H groups in total. The summed E-state index contributed by atoms with van der Waals surface area (Å²) in [6, 6.07) is 9.91. The minimum atomic E-state index is -0.108. The number of hydrogen-bond acceptors (Lipinski definition) is 3. The van der Waals surface area contributed by atoms with Gasteiger partial charge in [-0.2, -0.15) is 0 Å². The zero-order chi connectivity index (χ0) is 11.8. The number of hydrogen-bond donors (Lipinski definition) is 0. The molecule has 3 nitrogen and oxygen atoms in total. The Bertz CT molecular complexity index is 308. The summed E-state index contributed by atoms with van der Waals surface area (Å²) in [5.74, 6) is -0.0285. The van der Waals surface area contributed by atoms with Crippen LogP contribution >= 0.6 is 0 Å². The molecule has 0 aromatic heterocycles. The van der Waals surface area contributed by atoms with Gasteiger partial charge in [0.2, 0.25) is 0 Å². The van der Waals surface area contributed by atoms with Crippen LogP contribution in [0.5, 0.6) is 0 Å². The Hall–Kier alpha value is -1.19. The van der Waals surface area contributed by atoms with Crippen LogP contribution in [0.1, 0.15) is 12.5 Å². The molecule has 0 saturated carbocycles. The molecule has 88 valence electrons. The zero-order valence-electron chi connectivity index (χ0n) is 9.81. The summed E-state index contributed by atoms with van der Waals surface area (Å²) in [6.07, 6.45) is 0. The molecule has 16 heavy (non-hydrogen) atoms. The minimum absolute atomic E-state index is 0.0792. The van der Waals surface area contributed by atoms with Crippen LogP contribution in [-0.4, -0.2) is 26.1 Å². The van der Waals surface area contributed by atoms with Crippen LogP contribution in [0.3, 0.4) is 0 Å². The number of rotatable bonds is 7. The van der Waals surface area contributed by atoms with Gasteiger partial charge < -0.3 is 9.47 Å². The first kappa shape index (κ1) is 12.9. The standard InChI is InChI=1S/C13H18O3/c1-11(13(14)10-15-2)8-16-9-12-6-4-3-5-7-12/h3-7,11H,8-10H2,1-2H3/t11-/m0/s1. The fraction of sp³-hybridized carbons (Fsp3) is 0.462. The minimum Gasteiger partial charge on any atom is -0.377 e. The number of Topliss-reactive ketones (excluding diaryl/α,β-unsaturated/α-hetero) is 1. The highest BCUT2D eigenvalue weighted by molar-refractivity contribution is 5.81. The maximum Gasteiger partial charge on any atom is 0.163 e. The summed E-state index contributed by atoms with van der Waals surface area (Å²) in [4.78, 5) is 11.4. The van der Waals surface area contributed by atoms with Gasteiger partial charge in [0.15, 0.2) is 5.78 Å². The van der Waals surface area contributed by atoms with Crippen LogP contribution in [-0.2, 0) is 20.9 Å². The highest BCUT2D eigenvalue weighted by atomic mass is 16.5. The molecule has 0 saturated heterocycles. The number of methoxy groups -OCH3 is 1. The van der Waals surface area contributed by atoms with Crippen LogP contribution in [0.25, 0.3) is 0 Å². The van der Waals surface area contributed by atoms with E-state index in [0.29, 0.717) is 13.2 Å². The van der Waals surface area contributed by atoms with Crippen molar-refractivity contribution in [1.29, 1.82) is 0 Å². The van der Waals surface area contributed by atoms with Crippen molar-refractivity contribution < 1.29 is 14.3 Å². The van der Waals surface area contributed by atoms with Crippen LogP contribution in [0.2, 0.25) is 0 Å². The molecule has 1 rings (SSSR count). The van der Waals surface area contributed by atoms with Crippen molar-refractivity contribution in [3.63, 3.8) is 0 Å². The Morgan fingerprint density at radius 2 is 2.00 bits per heavy atom. The molecular formula is C13H18O3. The number of ether oxygens (including phenoxy) is 2. The highest BCUT2D eigenvalue weighted by Gasteiger charge is 2.12. The van der Waals surface area contributed by atoms with Crippen LogP contribution in [0.4, 0.5) is 0 Å². The van der Waals surface area contributed by atoms with Gasteiger partial charge in [-0.25, -0.2) is 0 Å². The third kappa shape index (κ3) is 4.55. The van der Waals surface area contributed by atoms with Crippen LogP contribution in [0.15, 0.2) is 30.3 Å². The SMILES string of the molecule is COCC(=O)[C@@H](C)COCc1ccccc1. The fourth-order valence-corrected chi connectivity index (χ4v) is 1.31. The fourth-order valence-electron chi connectivity index (χ4n) is 1.31. The molecule has 3 heteroatoms. The van der Waals surface area contributed by atoms with Crippen molar-refractivity contribution in [3.05, 3.63) is 35.9 Å². The van der Waals surface area contributed by atoms with E-state index >= 15 is 0 Å². The van der Waals surface area contributed by atoms with Gasteiger partial charge in [0.1, 0.15) is 6.61 Å². The van der Waals surface area contributed by atoms with Gasteiger partial charge in [0, 0.05) is 13.0 Å². The Labute approximate surface area is 96.4 Å². The summed E-state index contributed by atoms with van der Waals surface area (Å²) in [5, 5.41) is 0. The summed E-state index contributed by atoms with van der Waals surface area (Å²) < 4.78 is 10.3. The van der Waals surface area contributed by atoms with Crippen molar-refractivity contribution in [3.8, 4) is 0 Å². The largest absolute Gasteiger partial charge is 0.377 e. The number of ketones is 1. The molecule has 0 aliphatic carbocycles. The predicted octanol–water partition coefficient (Wildman–Crippen LogP) is 2.05. The first-order valence-electron chi connectivity index (χ1n) is 5.37. The van der Waals surface area contributed by atoms with Gasteiger partial charge in [-0.3, -0.25) is 4.79 Å². The van der Waals surface area contributed by atoms with Crippen molar-refractivity contribution in [2.24, 2.45) is 5.92 Å². The number of benzene rings is 1. The van der Waals surface area contributed by atoms with E-state index in [2.05, 4.69) is 0 Å². The van der Waals surface area contributed by atoms with Gasteiger partial charge in [-0.1, -0.05) is 37.3 Å². The van der Waals surface area contributed by atoms with Gasteiger partial charge in [-0.15, -0.1) is 0 Å². The highest BCUT2D eigenvalue weighted by Crippen LogP contribution is 2.04. The van der Waals surface area contributed by atoms with Gasteiger partial charge in [-0.05, 0) is 5.56 Å². The zero-order valence-corrected chi connectivity index (χ0v) is 9.81. The molecule has 0 spiro atoms. The van der Waals surface area contributed by atoms with E-state index in [9.17, 15) is 4.79 Å². The topological polar surface area (TPSA) is 35.5 Å². The predicted molar refractivity (Wildman–Crippen MR) is 62.1 cm³/mol. The van der Waals surface area contributed by atoms with E-state index in [1.165, 1.54) is 7.11 Å². The average Bonchev–Trinajstić information content (AvgIpc) is 2.30. The van der Waals surface area contributed by atoms with Crippen molar-refractivity contribution in [2.75, 3.05) is 20.3 Å². The molecular weight excluding hydrogens is 204 g/mol. The first-order chi connectivity index (χ1) is 7.74. The van der Waals surface area contributed by atoms with Crippen LogP contribution in [0, 0.1) is 5.92 Å². The molecule has 0 unspecified atom stereocenters. The van der Waals surface area contributed by atoms with E-state index in [1.807, 2.05) is 37.3 Å². The molecule has 0 bridgehead atoms. The molecule has 1 atom stereocenters. The molecule has 1 aromatic carbocycles. The Morgan fingerprint density at radius 1 is 1.31 bits per heavy atom. The maximum absolute atomic E-state index is 11.4. The van der Waals surface area contributed by atoms with E-state index in [0.717, 1.165) is 5.56 Å². The molecule has 0 radical (unpaired) electrons. The Morgan fingerprint density at radius 3 is 2.62 bits per heavy atom. The van der Waals surface area contributed by atoms with Crippen molar-refractivity contribution in [1.82, 2.24) is 0 Å². The molecule has 0 aliphatic rings. The lowest BCUT2D eigenvalue weighted by atomic mass is 10.1. The third-order valence-electron chi connectivity index (χ3n) is 2.32. The summed E-state index contributed by atoms with van der Waals surface area (Å²) in [6.45, 7) is 3.00. The second-order valence-electron chi connectivity index (χ2n) is 3.80. The summed E-state index contributed by atoms with van der Waals surface area (Å²) in [7, 11) is 1.52. The van der Waals surface area contributed by atoms with E-state index < -0.39 is 0 Å². The molecule has 0 aliphatic heterocycles. The monoisotopic (exact) mass is 222 g/mol. The summed E-state index contributed by atoms with van der Waals surface area (Å²) in [5.41, 5.74) is 1.12. The Kier molecular flexibility index (Phi) is 5.75. The molecule has 0 heterocycles. The quantitative estimate of drug-likeness (QED) is 0.708. The van der Waals surface area contributed by atoms with Crippen LogP contribution < -0.4 is 0 Å². The molecule has 0 amide bonds. The Balaban J connectivity index is 2.23. The average molecular weight is 222 g/mol. The smallest absolute Gasteiger partial charge is 0.163 e. The molecule has 1 aromatic rings. The lowest BCUT2D eigenvalue weighted by molar-refractivity contribution is -0.128. The lowest BCUT2D eigenvalue weighted by Gasteiger charge is -2.10. The van der Waals surface area contributed by atoms with E-state index in [-0.39, 0.29) is 18.3 Å². The third-order valence-corrected chi connectivity index (χ3v) is 2.32. The van der Waals surface area contributed by atoms with E-state index in [1.54, 1.807) is 0 Å². The lowest BCUT2D eigenvalue weighted by Crippen LogP contribution is -2.21. The van der Waals surface area contributed by atoms with Gasteiger partial charge in [0.05, 0.1) is 13.2 Å². The second kappa shape index (κ2) is 7.14. The number of carbonyl (C=O) groups excluding carboxylic acids is 1. The van der Waals surface area contributed by atoms with Crippen molar-refractivity contribution in [2.45, 2.75) is 13.5 Å². The van der Waals surface area contributed by atoms with E-state index in [4.69, 9.17) is 9.47 Å². The first-order valence-corrected chi connectivity index (χ1v) is 5.37. The van der Waals surface area contributed by atoms with Crippen molar-refractivity contribution >= 4 is 5.78 Å². The maximum atomic E-state index is 11.4.